The molecule has 40 heavy (non-hydrogen) atoms. The Kier molecular flexibility index (Phi) is 7.05. The van der Waals surface area contributed by atoms with Crippen LogP contribution in [0.5, 0.6) is 0 Å². The summed E-state index contributed by atoms with van der Waals surface area (Å²) in [6.07, 6.45) is 6.40. The first kappa shape index (κ1) is 26.6. The third kappa shape index (κ3) is 5.68. The standard InChI is InChI=1S/C30H26FN7O2/c1-17-12-22(31)24(37-29(40)20-7-9-33-25(13-20)30(2,3)16-32)15-21(17)23-8-11-35-27(36-23)19-6-10-34-26(14-19)38-28(39)18-4-5-18/h6-15,18H,4-5H2,1-3H3,(H,37,40)(H,34,38,39). The summed E-state index contributed by atoms with van der Waals surface area (Å²) in [6.45, 7) is 5.16. The molecule has 1 saturated carbocycles. The van der Waals surface area contributed by atoms with E-state index in [-0.39, 0.29) is 23.1 Å². The van der Waals surface area contributed by atoms with E-state index in [1.54, 1.807) is 51.4 Å². The molecular weight excluding hydrogens is 509 g/mol. The molecule has 0 radical (unpaired) electrons. The van der Waals surface area contributed by atoms with Gasteiger partial charge in [0.05, 0.1) is 28.6 Å². The van der Waals surface area contributed by atoms with E-state index in [4.69, 9.17) is 0 Å². The van der Waals surface area contributed by atoms with Gasteiger partial charge < -0.3 is 10.6 Å². The zero-order valence-corrected chi connectivity index (χ0v) is 22.2. The molecule has 2 N–H and O–H groups in total. The Morgan fingerprint density at radius 2 is 1.75 bits per heavy atom. The molecular formula is C30H26FN7O2. The first-order valence-electron chi connectivity index (χ1n) is 12.7. The van der Waals surface area contributed by atoms with Crippen LogP contribution in [0.3, 0.4) is 0 Å². The van der Waals surface area contributed by atoms with Crippen LogP contribution in [0.4, 0.5) is 15.9 Å². The molecule has 200 valence electrons. The molecule has 1 fully saturated rings. The van der Waals surface area contributed by atoms with Gasteiger partial charge in [-0.05, 0) is 81.6 Å². The number of nitrogens with one attached hydrogen (secondary N) is 2. The second kappa shape index (κ2) is 10.6. The van der Waals surface area contributed by atoms with Crippen molar-refractivity contribution >= 4 is 23.3 Å². The SMILES string of the molecule is Cc1cc(F)c(NC(=O)c2ccnc(C(C)(C)C#N)c2)cc1-c1ccnc(-c2ccnc(NC(=O)C3CC3)c2)n1. The van der Waals surface area contributed by atoms with Crippen LogP contribution in [-0.4, -0.2) is 31.8 Å². The van der Waals surface area contributed by atoms with Crippen LogP contribution in [0.2, 0.25) is 0 Å². The Morgan fingerprint density at radius 3 is 2.50 bits per heavy atom. The molecule has 2 amide bonds. The highest BCUT2D eigenvalue weighted by atomic mass is 19.1. The number of benzene rings is 1. The summed E-state index contributed by atoms with van der Waals surface area (Å²) in [5.74, 6) is -0.309. The number of amides is 2. The van der Waals surface area contributed by atoms with Gasteiger partial charge >= 0.3 is 0 Å². The Morgan fingerprint density at radius 1 is 1.00 bits per heavy atom. The third-order valence-corrected chi connectivity index (χ3v) is 6.65. The van der Waals surface area contributed by atoms with Gasteiger partial charge in [-0.2, -0.15) is 5.26 Å². The number of carbonyl (C=O) groups excluding carboxylic acids is 2. The van der Waals surface area contributed by atoms with Gasteiger partial charge in [0, 0.05) is 41.2 Å². The Hall–Kier alpha value is -5.04. The van der Waals surface area contributed by atoms with E-state index in [1.165, 1.54) is 30.5 Å². The van der Waals surface area contributed by atoms with Crippen molar-refractivity contribution in [3.63, 3.8) is 0 Å². The number of carbonyl (C=O) groups is 2. The lowest BCUT2D eigenvalue weighted by Gasteiger charge is -2.16. The van der Waals surface area contributed by atoms with Crippen molar-refractivity contribution in [2.45, 2.75) is 39.0 Å². The van der Waals surface area contributed by atoms with E-state index in [9.17, 15) is 19.2 Å². The monoisotopic (exact) mass is 535 g/mol. The van der Waals surface area contributed by atoms with E-state index in [1.807, 2.05) is 0 Å². The summed E-state index contributed by atoms with van der Waals surface area (Å²) < 4.78 is 15.0. The Bertz CT molecular complexity index is 1680. The number of nitrogens with zero attached hydrogens (tertiary/aromatic N) is 5. The van der Waals surface area contributed by atoms with Crippen LogP contribution in [0.15, 0.2) is 61.1 Å². The molecule has 0 bridgehead atoms. The number of pyridine rings is 2. The van der Waals surface area contributed by atoms with Crippen LogP contribution >= 0.6 is 0 Å². The fourth-order valence-electron chi connectivity index (χ4n) is 4.07. The maximum Gasteiger partial charge on any atom is 0.255 e. The minimum atomic E-state index is -0.887. The number of halogens is 1. The molecule has 9 nitrogen and oxygen atoms in total. The molecule has 3 heterocycles. The molecule has 0 atom stereocenters. The largest absolute Gasteiger partial charge is 0.319 e. The van der Waals surface area contributed by atoms with Crippen molar-refractivity contribution in [3.8, 4) is 28.7 Å². The zero-order chi connectivity index (χ0) is 28.4. The quantitative estimate of drug-likeness (QED) is 0.321. The number of hydrogen-bond acceptors (Lipinski definition) is 7. The summed E-state index contributed by atoms with van der Waals surface area (Å²) in [4.78, 5) is 42.6. The topological polar surface area (TPSA) is 134 Å². The van der Waals surface area contributed by atoms with Gasteiger partial charge in [0.2, 0.25) is 5.91 Å². The van der Waals surface area contributed by atoms with Crippen LogP contribution in [0.1, 0.15) is 48.3 Å². The summed E-state index contributed by atoms with van der Waals surface area (Å²) in [5.41, 5.74) is 2.20. The van der Waals surface area contributed by atoms with Crippen molar-refractivity contribution in [1.82, 2.24) is 19.9 Å². The zero-order valence-electron chi connectivity index (χ0n) is 22.2. The highest BCUT2D eigenvalue weighted by Crippen LogP contribution is 2.31. The summed E-state index contributed by atoms with van der Waals surface area (Å²) in [5, 5.41) is 14.9. The van der Waals surface area contributed by atoms with Crippen molar-refractivity contribution in [2.75, 3.05) is 10.6 Å². The lowest BCUT2D eigenvalue weighted by Crippen LogP contribution is -2.19. The van der Waals surface area contributed by atoms with Crippen LogP contribution in [0.25, 0.3) is 22.6 Å². The molecule has 3 aromatic heterocycles. The van der Waals surface area contributed by atoms with E-state index in [0.29, 0.717) is 39.7 Å². The van der Waals surface area contributed by atoms with Gasteiger partial charge in [0.25, 0.3) is 5.91 Å². The second-order valence-corrected chi connectivity index (χ2v) is 10.2. The molecule has 1 aliphatic carbocycles. The van der Waals surface area contributed by atoms with E-state index in [2.05, 4.69) is 36.6 Å². The number of aromatic nitrogens is 4. The Labute approximate surface area is 230 Å². The van der Waals surface area contributed by atoms with Crippen LogP contribution < -0.4 is 10.6 Å². The predicted molar refractivity (Wildman–Crippen MR) is 148 cm³/mol. The van der Waals surface area contributed by atoms with Gasteiger partial charge in [0.15, 0.2) is 5.82 Å². The van der Waals surface area contributed by atoms with Gasteiger partial charge in [0.1, 0.15) is 11.6 Å². The van der Waals surface area contributed by atoms with E-state index < -0.39 is 17.1 Å². The van der Waals surface area contributed by atoms with E-state index >= 15 is 0 Å². The minimum Gasteiger partial charge on any atom is -0.319 e. The van der Waals surface area contributed by atoms with Gasteiger partial charge in [-0.25, -0.2) is 19.3 Å². The average Bonchev–Trinajstić information content (AvgIpc) is 3.81. The maximum atomic E-state index is 15.0. The van der Waals surface area contributed by atoms with Crippen molar-refractivity contribution < 1.29 is 14.0 Å². The smallest absolute Gasteiger partial charge is 0.255 e. The average molecular weight is 536 g/mol. The number of rotatable bonds is 7. The molecule has 10 heteroatoms. The van der Waals surface area contributed by atoms with E-state index in [0.717, 1.165) is 12.8 Å². The molecule has 5 rings (SSSR count). The first-order valence-corrected chi connectivity index (χ1v) is 12.7. The van der Waals surface area contributed by atoms with Gasteiger partial charge in [-0.1, -0.05) is 0 Å². The molecule has 0 unspecified atom stereocenters. The van der Waals surface area contributed by atoms with Crippen LogP contribution in [0, 0.1) is 30.0 Å². The molecule has 0 aliphatic heterocycles. The molecule has 1 aromatic carbocycles. The highest BCUT2D eigenvalue weighted by Gasteiger charge is 2.30. The fourth-order valence-corrected chi connectivity index (χ4v) is 4.07. The maximum absolute atomic E-state index is 15.0. The van der Waals surface area contributed by atoms with Crippen molar-refractivity contribution in [3.05, 3.63) is 83.7 Å². The third-order valence-electron chi connectivity index (χ3n) is 6.65. The fraction of sp³-hybridized carbons (Fsp3) is 0.233. The first-order chi connectivity index (χ1) is 19.1. The second-order valence-electron chi connectivity index (χ2n) is 10.2. The highest BCUT2D eigenvalue weighted by molar-refractivity contribution is 6.04. The molecule has 0 spiro atoms. The lowest BCUT2D eigenvalue weighted by molar-refractivity contribution is -0.117. The number of nitriles is 1. The van der Waals surface area contributed by atoms with Gasteiger partial charge in [-0.3, -0.25) is 14.6 Å². The van der Waals surface area contributed by atoms with Crippen molar-refractivity contribution in [1.29, 1.82) is 5.26 Å². The molecule has 4 aromatic rings. The summed E-state index contributed by atoms with van der Waals surface area (Å²) >= 11 is 0. The summed E-state index contributed by atoms with van der Waals surface area (Å²) in [6, 6.07) is 13.2. The lowest BCUT2D eigenvalue weighted by atomic mass is 9.90. The number of aryl methyl sites for hydroxylation is 1. The molecule has 0 saturated heterocycles. The molecule has 1 aliphatic rings. The predicted octanol–water partition coefficient (Wildman–Crippen LogP) is 5.45. The van der Waals surface area contributed by atoms with Crippen LogP contribution in [-0.2, 0) is 10.2 Å². The van der Waals surface area contributed by atoms with Gasteiger partial charge in [-0.15, -0.1) is 0 Å². The van der Waals surface area contributed by atoms with Crippen molar-refractivity contribution in [2.24, 2.45) is 5.92 Å². The number of anilines is 2. The minimum absolute atomic E-state index is 0.0161. The Balaban J connectivity index is 1.42. The summed E-state index contributed by atoms with van der Waals surface area (Å²) in [7, 11) is 0. The normalized spacial score (nSPS) is 12.9. The number of hydrogen-bond donors (Lipinski definition) is 2.